The maximum absolute atomic E-state index is 8.41. The highest BCUT2D eigenvalue weighted by atomic mass is 16.6. The molecule has 0 atom stereocenters. The molecule has 0 spiro atoms. The van der Waals surface area contributed by atoms with Gasteiger partial charge in [0.2, 0.25) is 0 Å². The second-order valence-corrected chi connectivity index (χ2v) is 4.09. The Balaban J connectivity index is 0. The van der Waals surface area contributed by atoms with Crippen LogP contribution in [0.15, 0.2) is 0 Å². The third-order valence-corrected chi connectivity index (χ3v) is 2.14. The first kappa shape index (κ1) is 24.0. The van der Waals surface area contributed by atoms with Gasteiger partial charge >= 0.3 is 0 Å². The van der Waals surface area contributed by atoms with Crippen LogP contribution in [-0.2, 0) is 23.7 Å². The standard InChI is InChI=1S/C10H22O6.C5H12O/c11-1-3-13-5-7-15-9-10-16-8-6-14-4-2-12;1-3-5-6-4-2/h11-12H,1-10H2;3-5H2,1-2H3. The Labute approximate surface area is 134 Å². The van der Waals surface area contributed by atoms with E-state index < -0.39 is 0 Å². The smallest absolute Gasteiger partial charge is 0.0701 e. The molecule has 7 heteroatoms. The Kier molecular flexibility index (Phi) is 28.0. The molecule has 22 heavy (non-hydrogen) atoms. The summed E-state index contributed by atoms with van der Waals surface area (Å²) in [5, 5.41) is 16.8. The first-order valence-corrected chi connectivity index (χ1v) is 7.93. The molecule has 0 aliphatic rings. The van der Waals surface area contributed by atoms with E-state index >= 15 is 0 Å². The minimum Gasteiger partial charge on any atom is -0.394 e. The molecule has 0 bridgehead atoms. The molecule has 7 nitrogen and oxygen atoms in total. The van der Waals surface area contributed by atoms with Crippen molar-refractivity contribution < 1.29 is 33.9 Å². The number of hydrogen-bond acceptors (Lipinski definition) is 7. The van der Waals surface area contributed by atoms with Crippen LogP contribution in [0.25, 0.3) is 0 Å². The Morgan fingerprint density at radius 1 is 0.500 bits per heavy atom. The molecule has 0 radical (unpaired) electrons. The fourth-order valence-electron chi connectivity index (χ4n) is 1.18. The lowest BCUT2D eigenvalue weighted by Gasteiger charge is -2.06. The summed E-state index contributed by atoms with van der Waals surface area (Å²) in [5.41, 5.74) is 0. The van der Waals surface area contributed by atoms with Crippen LogP contribution in [-0.4, -0.2) is 89.5 Å². The molecule has 0 aromatic rings. The van der Waals surface area contributed by atoms with E-state index in [1.807, 2.05) is 6.92 Å². The lowest BCUT2D eigenvalue weighted by Crippen LogP contribution is -2.13. The van der Waals surface area contributed by atoms with Crippen molar-refractivity contribution in [1.82, 2.24) is 0 Å². The van der Waals surface area contributed by atoms with Gasteiger partial charge in [0.25, 0.3) is 0 Å². The predicted octanol–water partition coefficient (Wildman–Crippen LogP) is 0.470. The van der Waals surface area contributed by atoms with Crippen molar-refractivity contribution in [2.24, 2.45) is 0 Å². The summed E-state index contributed by atoms with van der Waals surface area (Å²) in [6.07, 6.45) is 1.13. The summed E-state index contributed by atoms with van der Waals surface area (Å²) < 4.78 is 25.4. The Hall–Kier alpha value is -0.280. The first-order valence-electron chi connectivity index (χ1n) is 7.93. The lowest BCUT2D eigenvalue weighted by atomic mass is 10.5. The normalized spacial score (nSPS) is 10.4. The summed E-state index contributed by atoms with van der Waals surface area (Å²) in [5.74, 6) is 0. The molecule has 0 fully saturated rings. The molecule has 0 unspecified atom stereocenters. The lowest BCUT2D eigenvalue weighted by molar-refractivity contribution is -0.00856. The van der Waals surface area contributed by atoms with E-state index in [1.165, 1.54) is 0 Å². The van der Waals surface area contributed by atoms with Gasteiger partial charge in [-0.05, 0) is 13.3 Å². The van der Waals surface area contributed by atoms with E-state index in [0.29, 0.717) is 52.9 Å². The third kappa shape index (κ3) is 28.0. The number of aliphatic hydroxyl groups is 2. The minimum atomic E-state index is 0.0386. The van der Waals surface area contributed by atoms with Crippen molar-refractivity contribution >= 4 is 0 Å². The zero-order valence-corrected chi connectivity index (χ0v) is 14.1. The Bertz CT molecular complexity index is 152. The van der Waals surface area contributed by atoms with Gasteiger partial charge < -0.3 is 33.9 Å². The summed E-state index contributed by atoms with van der Waals surface area (Å²) in [6.45, 7) is 9.67. The summed E-state index contributed by atoms with van der Waals surface area (Å²) in [6, 6.07) is 0. The molecule has 0 aliphatic carbocycles. The van der Waals surface area contributed by atoms with Crippen LogP contribution in [0, 0.1) is 0 Å². The molecular formula is C15H34O7. The van der Waals surface area contributed by atoms with Crippen molar-refractivity contribution in [2.45, 2.75) is 20.3 Å². The molecule has 0 aromatic carbocycles. The largest absolute Gasteiger partial charge is 0.394 e. The predicted molar refractivity (Wildman–Crippen MR) is 84.2 cm³/mol. The maximum atomic E-state index is 8.41. The highest BCUT2D eigenvalue weighted by molar-refractivity contribution is 4.34. The molecule has 0 aliphatic heterocycles. The van der Waals surface area contributed by atoms with Crippen LogP contribution in [0.3, 0.4) is 0 Å². The molecule has 2 N–H and O–H groups in total. The van der Waals surface area contributed by atoms with Gasteiger partial charge in [0.15, 0.2) is 0 Å². The highest BCUT2D eigenvalue weighted by Gasteiger charge is 1.91. The quantitative estimate of drug-likeness (QED) is 0.399. The zero-order chi connectivity index (χ0) is 16.7. The van der Waals surface area contributed by atoms with Crippen LogP contribution in [0.1, 0.15) is 20.3 Å². The molecule has 0 aromatic heterocycles. The minimum absolute atomic E-state index is 0.0386. The van der Waals surface area contributed by atoms with E-state index in [0.717, 1.165) is 19.6 Å². The van der Waals surface area contributed by atoms with E-state index in [2.05, 4.69) is 6.92 Å². The topological polar surface area (TPSA) is 86.6 Å². The van der Waals surface area contributed by atoms with Crippen LogP contribution < -0.4 is 0 Å². The third-order valence-electron chi connectivity index (χ3n) is 2.14. The SMILES string of the molecule is CCCOCC.OCCOCCOCCOCCOCCO. The summed E-state index contributed by atoms with van der Waals surface area (Å²) >= 11 is 0. The van der Waals surface area contributed by atoms with Crippen LogP contribution >= 0.6 is 0 Å². The van der Waals surface area contributed by atoms with E-state index in [-0.39, 0.29) is 13.2 Å². The number of rotatable bonds is 16. The molecule has 0 rings (SSSR count). The summed E-state index contributed by atoms with van der Waals surface area (Å²) in [7, 11) is 0. The molecule has 0 saturated heterocycles. The van der Waals surface area contributed by atoms with Gasteiger partial charge in [-0.1, -0.05) is 6.92 Å². The van der Waals surface area contributed by atoms with Crippen LogP contribution in [0.5, 0.6) is 0 Å². The van der Waals surface area contributed by atoms with E-state index in [4.69, 9.17) is 33.9 Å². The number of hydrogen-bond donors (Lipinski definition) is 2. The van der Waals surface area contributed by atoms with Gasteiger partial charge in [-0.25, -0.2) is 0 Å². The van der Waals surface area contributed by atoms with Gasteiger partial charge in [-0.3, -0.25) is 0 Å². The average molecular weight is 326 g/mol. The van der Waals surface area contributed by atoms with Crippen LogP contribution in [0.2, 0.25) is 0 Å². The van der Waals surface area contributed by atoms with Crippen molar-refractivity contribution in [3.63, 3.8) is 0 Å². The molecule has 0 amide bonds. The average Bonchev–Trinajstić information content (AvgIpc) is 2.54. The molecular weight excluding hydrogens is 292 g/mol. The maximum Gasteiger partial charge on any atom is 0.0701 e. The van der Waals surface area contributed by atoms with Crippen LogP contribution in [0.4, 0.5) is 0 Å². The van der Waals surface area contributed by atoms with Gasteiger partial charge in [0.1, 0.15) is 0 Å². The summed E-state index contributed by atoms with van der Waals surface area (Å²) in [4.78, 5) is 0. The highest BCUT2D eigenvalue weighted by Crippen LogP contribution is 1.82. The Morgan fingerprint density at radius 3 is 1.09 bits per heavy atom. The zero-order valence-electron chi connectivity index (χ0n) is 14.1. The molecule has 136 valence electrons. The molecule has 0 saturated carbocycles. The van der Waals surface area contributed by atoms with E-state index in [9.17, 15) is 0 Å². The second kappa shape index (κ2) is 25.7. The van der Waals surface area contributed by atoms with Crippen molar-refractivity contribution in [2.75, 3.05) is 79.3 Å². The number of aliphatic hydroxyl groups excluding tert-OH is 2. The fourth-order valence-corrected chi connectivity index (χ4v) is 1.18. The van der Waals surface area contributed by atoms with Gasteiger partial charge in [0.05, 0.1) is 66.1 Å². The monoisotopic (exact) mass is 326 g/mol. The first-order chi connectivity index (χ1) is 10.8. The fraction of sp³-hybridized carbons (Fsp3) is 1.00. The molecule has 0 heterocycles. The van der Waals surface area contributed by atoms with E-state index in [1.54, 1.807) is 0 Å². The van der Waals surface area contributed by atoms with Crippen molar-refractivity contribution in [3.8, 4) is 0 Å². The van der Waals surface area contributed by atoms with Gasteiger partial charge in [-0.15, -0.1) is 0 Å². The van der Waals surface area contributed by atoms with Gasteiger partial charge in [-0.2, -0.15) is 0 Å². The van der Waals surface area contributed by atoms with Gasteiger partial charge in [0, 0.05) is 13.2 Å². The second-order valence-electron chi connectivity index (χ2n) is 4.09. The van der Waals surface area contributed by atoms with Crippen molar-refractivity contribution in [1.29, 1.82) is 0 Å². The number of ether oxygens (including phenoxy) is 5. The van der Waals surface area contributed by atoms with Crippen molar-refractivity contribution in [3.05, 3.63) is 0 Å². The Morgan fingerprint density at radius 2 is 0.864 bits per heavy atom.